The summed E-state index contributed by atoms with van der Waals surface area (Å²) >= 11 is 5.32. The maximum absolute atomic E-state index is 3.53. The van der Waals surface area contributed by atoms with Gasteiger partial charge in [0.05, 0.1) is 6.54 Å². The summed E-state index contributed by atoms with van der Waals surface area (Å²) < 4.78 is 3.50. The smallest absolute Gasteiger partial charge is 0.0569 e. The van der Waals surface area contributed by atoms with Gasteiger partial charge >= 0.3 is 0 Å². The minimum Gasteiger partial charge on any atom is -0.342 e. The molecule has 2 heterocycles. The van der Waals surface area contributed by atoms with Crippen LogP contribution in [-0.2, 0) is 13.1 Å². The number of nitrogens with zero attached hydrogens (tertiary/aromatic N) is 1. The second-order valence-electron chi connectivity index (χ2n) is 5.20. The average Bonchev–Trinajstić information content (AvgIpc) is 3.07. The van der Waals surface area contributed by atoms with Gasteiger partial charge in [0, 0.05) is 38.4 Å². The first-order valence-corrected chi connectivity index (χ1v) is 8.95. The molecule has 0 radical (unpaired) electrons. The number of thiophene rings is 1. The van der Waals surface area contributed by atoms with Crippen molar-refractivity contribution in [1.82, 2.24) is 9.88 Å². The number of rotatable bonds is 6. The molecule has 0 saturated heterocycles. The molecule has 0 spiro atoms. The van der Waals surface area contributed by atoms with Crippen molar-refractivity contribution in [2.45, 2.75) is 26.4 Å². The van der Waals surface area contributed by atoms with Crippen molar-refractivity contribution >= 4 is 38.2 Å². The lowest BCUT2D eigenvalue weighted by Crippen LogP contribution is -2.13. The minimum atomic E-state index is 0.936. The summed E-state index contributed by atoms with van der Waals surface area (Å²) in [5, 5.41) is 6.99. The molecule has 2 aromatic heterocycles. The van der Waals surface area contributed by atoms with Crippen LogP contribution in [0.15, 0.2) is 46.4 Å². The molecule has 0 atom stereocenters. The van der Waals surface area contributed by atoms with E-state index in [1.165, 1.54) is 32.2 Å². The van der Waals surface area contributed by atoms with E-state index in [9.17, 15) is 0 Å². The molecule has 1 aromatic carbocycles. The van der Waals surface area contributed by atoms with Crippen molar-refractivity contribution in [2.75, 3.05) is 6.54 Å². The lowest BCUT2D eigenvalue weighted by molar-refractivity contribution is 0.678. The topological polar surface area (TPSA) is 17.0 Å². The Kier molecular flexibility index (Phi) is 4.78. The standard InChI is InChI=1S/C17H19BrN2S/c1-2-7-19-10-13-4-3-5-17-16(13)6-8-20(17)11-15-9-14(18)12-21-15/h3-6,8-9,12,19H,2,7,10-11H2,1H3. The minimum absolute atomic E-state index is 0.936. The Morgan fingerprint density at radius 2 is 2.19 bits per heavy atom. The van der Waals surface area contributed by atoms with Crippen molar-refractivity contribution in [2.24, 2.45) is 0 Å². The number of hydrogen-bond donors (Lipinski definition) is 1. The van der Waals surface area contributed by atoms with E-state index in [4.69, 9.17) is 0 Å². The van der Waals surface area contributed by atoms with Crippen LogP contribution in [0.1, 0.15) is 23.8 Å². The third kappa shape index (κ3) is 3.39. The highest BCUT2D eigenvalue weighted by Gasteiger charge is 2.07. The van der Waals surface area contributed by atoms with Crippen LogP contribution in [-0.4, -0.2) is 11.1 Å². The molecule has 0 amide bonds. The fourth-order valence-electron chi connectivity index (χ4n) is 2.58. The summed E-state index contributed by atoms with van der Waals surface area (Å²) in [6.07, 6.45) is 3.37. The SMILES string of the molecule is CCCNCc1cccc2c1ccn2Cc1cc(Br)cs1. The first-order valence-electron chi connectivity index (χ1n) is 7.28. The second kappa shape index (κ2) is 6.77. The van der Waals surface area contributed by atoms with Crippen LogP contribution < -0.4 is 5.32 Å². The zero-order chi connectivity index (χ0) is 14.7. The van der Waals surface area contributed by atoms with E-state index in [-0.39, 0.29) is 0 Å². The zero-order valence-electron chi connectivity index (χ0n) is 12.1. The first kappa shape index (κ1) is 14.8. The van der Waals surface area contributed by atoms with E-state index in [1.807, 2.05) is 0 Å². The van der Waals surface area contributed by atoms with Gasteiger partial charge in [0.2, 0.25) is 0 Å². The lowest BCUT2D eigenvalue weighted by Gasteiger charge is -2.07. The van der Waals surface area contributed by atoms with Crippen LogP contribution >= 0.6 is 27.3 Å². The lowest BCUT2D eigenvalue weighted by atomic mass is 10.1. The van der Waals surface area contributed by atoms with Gasteiger partial charge in [0.1, 0.15) is 0 Å². The quantitative estimate of drug-likeness (QED) is 0.609. The first-order chi connectivity index (χ1) is 10.3. The molecular formula is C17H19BrN2S. The molecule has 2 nitrogen and oxygen atoms in total. The zero-order valence-corrected chi connectivity index (χ0v) is 14.5. The highest BCUT2D eigenvalue weighted by atomic mass is 79.9. The number of nitrogens with one attached hydrogen (secondary N) is 1. The normalized spacial score (nSPS) is 11.3. The molecule has 0 aliphatic heterocycles. The fraction of sp³-hybridized carbons (Fsp3) is 0.294. The molecule has 0 saturated carbocycles. The van der Waals surface area contributed by atoms with Crippen LogP contribution in [0, 0.1) is 0 Å². The molecule has 0 aliphatic carbocycles. The van der Waals surface area contributed by atoms with E-state index < -0.39 is 0 Å². The maximum atomic E-state index is 3.53. The number of aromatic nitrogens is 1. The van der Waals surface area contributed by atoms with Crippen LogP contribution in [0.3, 0.4) is 0 Å². The highest BCUT2D eigenvalue weighted by Crippen LogP contribution is 2.24. The predicted molar refractivity (Wildman–Crippen MR) is 95.1 cm³/mol. The number of hydrogen-bond acceptors (Lipinski definition) is 2. The summed E-state index contributed by atoms with van der Waals surface area (Å²) in [6, 6.07) is 11.0. The van der Waals surface area contributed by atoms with E-state index in [0.29, 0.717) is 0 Å². The Labute approximate surface area is 137 Å². The third-order valence-corrected chi connectivity index (χ3v) is 5.28. The molecule has 3 rings (SSSR count). The summed E-state index contributed by atoms with van der Waals surface area (Å²) in [5.74, 6) is 0. The highest BCUT2D eigenvalue weighted by molar-refractivity contribution is 9.10. The van der Waals surface area contributed by atoms with Gasteiger partial charge < -0.3 is 9.88 Å². The van der Waals surface area contributed by atoms with Gasteiger partial charge in [-0.15, -0.1) is 11.3 Å². The summed E-state index contributed by atoms with van der Waals surface area (Å²) in [5.41, 5.74) is 2.70. The molecule has 4 heteroatoms. The van der Waals surface area contributed by atoms with Crippen molar-refractivity contribution in [3.8, 4) is 0 Å². The molecule has 0 unspecified atom stereocenters. The van der Waals surface area contributed by atoms with E-state index in [1.54, 1.807) is 11.3 Å². The van der Waals surface area contributed by atoms with Gasteiger partial charge in [-0.3, -0.25) is 0 Å². The number of fused-ring (bicyclic) bond motifs is 1. The van der Waals surface area contributed by atoms with Gasteiger partial charge in [0.25, 0.3) is 0 Å². The van der Waals surface area contributed by atoms with Gasteiger partial charge in [-0.1, -0.05) is 19.1 Å². The summed E-state index contributed by atoms with van der Waals surface area (Å²) in [4.78, 5) is 1.37. The molecule has 21 heavy (non-hydrogen) atoms. The molecule has 1 N–H and O–H groups in total. The Morgan fingerprint density at radius 1 is 1.29 bits per heavy atom. The monoisotopic (exact) mass is 362 g/mol. The van der Waals surface area contributed by atoms with Crippen molar-refractivity contribution < 1.29 is 0 Å². The van der Waals surface area contributed by atoms with Gasteiger partial charge in [0.15, 0.2) is 0 Å². The van der Waals surface area contributed by atoms with Crippen molar-refractivity contribution in [3.63, 3.8) is 0 Å². The Balaban J connectivity index is 1.86. The second-order valence-corrected chi connectivity index (χ2v) is 7.11. The van der Waals surface area contributed by atoms with Crippen LogP contribution in [0.4, 0.5) is 0 Å². The Morgan fingerprint density at radius 3 is 2.95 bits per heavy atom. The number of halogens is 1. The predicted octanol–water partition coefficient (Wildman–Crippen LogP) is 5.01. The van der Waals surface area contributed by atoms with Gasteiger partial charge in [-0.25, -0.2) is 0 Å². The molecule has 0 bridgehead atoms. The van der Waals surface area contributed by atoms with Crippen LogP contribution in [0.25, 0.3) is 10.9 Å². The van der Waals surface area contributed by atoms with Gasteiger partial charge in [-0.2, -0.15) is 0 Å². The molecule has 0 fully saturated rings. The fourth-order valence-corrected chi connectivity index (χ4v) is 4.03. The summed E-state index contributed by atoms with van der Waals surface area (Å²) in [6.45, 7) is 5.15. The van der Waals surface area contributed by atoms with Gasteiger partial charge in [-0.05, 0) is 52.7 Å². The number of benzene rings is 1. The van der Waals surface area contributed by atoms with E-state index in [0.717, 1.165) is 19.6 Å². The average molecular weight is 363 g/mol. The van der Waals surface area contributed by atoms with Crippen LogP contribution in [0.5, 0.6) is 0 Å². The summed E-state index contributed by atoms with van der Waals surface area (Å²) in [7, 11) is 0. The molecule has 0 aliphatic rings. The van der Waals surface area contributed by atoms with E-state index >= 15 is 0 Å². The van der Waals surface area contributed by atoms with Crippen LogP contribution in [0.2, 0.25) is 0 Å². The molecular weight excluding hydrogens is 344 g/mol. The van der Waals surface area contributed by atoms with E-state index in [2.05, 4.69) is 74.6 Å². The van der Waals surface area contributed by atoms with Crippen molar-refractivity contribution in [3.05, 3.63) is 56.8 Å². The Bertz CT molecular complexity index is 729. The molecule has 3 aromatic rings. The van der Waals surface area contributed by atoms with Crippen molar-refractivity contribution in [1.29, 1.82) is 0 Å². The molecule has 110 valence electrons. The maximum Gasteiger partial charge on any atom is 0.0569 e. The Hall–Kier alpha value is -1.10. The largest absolute Gasteiger partial charge is 0.342 e. The third-order valence-electron chi connectivity index (χ3n) is 3.59.